The fourth-order valence-corrected chi connectivity index (χ4v) is 6.13. The van der Waals surface area contributed by atoms with Gasteiger partial charge < -0.3 is 4.43 Å². The maximum Gasteiger partial charge on any atom is 0.185 e. The van der Waals surface area contributed by atoms with E-state index in [9.17, 15) is 0 Å². The summed E-state index contributed by atoms with van der Waals surface area (Å²) in [6, 6.07) is 9.13. The lowest BCUT2D eigenvalue weighted by Crippen LogP contribution is -2.51. The number of hydrogen-bond donors (Lipinski definition) is 0. The number of rotatable bonds is 2. The van der Waals surface area contributed by atoms with Crippen molar-refractivity contribution in [3.8, 4) is 0 Å². The molecule has 3 nitrogen and oxygen atoms in total. The molecule has 112 valence electrons. The minimum Gasteiger partial charge on any atom is -0.406 e. The number of nitrogens with zero attached hydrogens (tertiary/aromatic N) is 2. The molecule has 3 aliphatic rings. The number of azo groups is 1. The summed E-state index contributed by atoms with van der Waals surface area (Å²) < 4.78 is 6.92. The molecule has 1 heterocycles. The van der Waals surface area contributed by atoms with Crippen LogP contribution in [0.25, 0.3) is 0 Å². The molecule has 2 aliphatic carbocycles. The van der Waals surface area contributed by atoms with Gasteiger partial charge in [-0.1, -0.05) is 24.3 Å². The van der Waals surface area contributed by atoms with Crippen LogP contribution >= 0.6 is 0 Å². The van der Waals surface area contributed by atoms with Crippen molar-refractivity contribution in [1.82, 2.24) is 0 Å². The highest BCUT2D eigenvalue weighted by Crippen LogP contribution is 2.58. The molecule has 21 heavy (non-hydrogen) atoms. The maximum atomic E-state index is 6.92. The maximum absolute atomic E-state index is 6.92. The Bertz CT molecular complexity index is 595. The van der Waals surface area contributed by atoms with Gasteiger partial charge in [-0.25, -0.2) is 0 Å². The van der Waals surface area contributed by atoms with E-state index in [2.05, 4.69) is 54.1 Å². The molecule has 0 N–H and O–H groups in total. The van der Waals surface area contributed by atoms with Crippen LogP contribution in [0.2, 0.25) is 19.6 Å². The third-order valence-corrected chi connectivity index (χ3v) is 6.23. The van der Waals surface area contributed by atoms with E-state index in [-0.39, 0.29) is 11.6 Å². The summed E-state index contributed by atoms with van der Waals surface area (Å²) >= 11 is 0. The lowest BCUT2D eigenvalue weighted by atomic mass is 9.72. The molecule has 0 aromatic heterocycles. The Kier molecular flexibility index (Phi) is 2.92. The van der Waals surface area contributed by atoms with Crippen molar-refractivity contribution in [1.29, 1.82) is 0 Å². The Labute approximate surface area is 127 Å². The van der Waals surface area contributed by atoms with E-state index in [1.807, 2.05) is 0 Å². The molecule has 4 atom stereocenters. The van der Waals surface area contributed by atoms with Gasteiger partial charge in [0, 0.05) is 5.92 Å². The summed E-state index contributed by atoms with van der Waals surface area (Å²) in [5.74, 6) is 1.21. The zero-order chi connectivity index (χ0) is 14.7. The standard InChI is InChI=1S/C17H24N2OSi/c1-21(2,3)20-17-14(10-13-11-18-19-16(13)17)9-8-12-6-4-5-7-15(12)17/h4-7,13-14,16H,8-11H2,1-3H3/t13-,14-,16+,17+/m1/s1. The van der Waals surface area contributed by atoms with Gasteiger partial charge in [-0.2, -0.15) is 10.2 Å². The van der Waals surface area contributed by atoms with Crippen LogP contribution in [0, 0.1) is 11.8 Å². The Morgan fingerprint density at radius 1 is 1.24 bits per heavy atom. The van der Waals surface area contributed by atoms with Gasteiger partial charge >= 0.3 is 0 Å². The number of benzene rings is 1. The Morgan fingerprint density at radius 3 is 2.86 bits per heavy atom. The van der Waals surface area contributed by atoms with Crippen LogP contribution < -0.4 is 0 Å². The zero-order valence-electron chi connectivity index (χ0n) is 13.2. The van der Waals surface area contributed by atoms with Crippen molar-refractivity contribution >= 4 is 8.32 Å². The molecular weight excluding hydrogens is 276 g/mol. The van der Waals surface area contributed by atoms with Crippen molar-refractivity contribution in [3.63, 3.8) is 0 Å². The summed E-state index contributed by atoms with van der Waals surface area (Å²) in [4.78, 5) is 0. The van der Waals surface area contributed by atoms with Crippen molar-refractivity contribution in [2.75, 3.05) is 6.54 Å². The first kappa shape index (κ1) is 13.6. The third kappa shape index (κ3) is 1.95. The predicted molar refractivity (Wildman–Crippen MR) is 86.0 cm³/mol. The van der Waals surface area contributed by atoms with E-state index >= 15 is 0 Å². The minimum absolute atomic E-state index is 0.190. The molecule has 0 saturated heterocycles. The lowest BCUT2D eigenvalue weighted by molar-refractivity contribution is -0.00846. The molecule has 1 aromatic carbocycles. The van der Waals surface area contributed by atoms with Gasteiger partial charge in [-0.05, 0) is 55.9 Å². The molecule has 1 fully saturated rings. The second kappa shape index (κ2) is 4.50. The van der Waals surface area contributed by atoms with Crippen molar-refractivity contribution in [2.45, 2.75) is 50.5 Å². The minimum atomic E-state index is -1.67. The largest absolute Gasteiger partial charge is 0.406 e. The SMILES string of the molecule is C[Si](C)(C)O[C@]12c3ccccc3CC[C@@H]1C[C@@H]1CN=N[C@@H]12. The summed E-state index contributed by atoms with van der Waals surface area (Å²) in [6.07, 6.45) is 3.66. The first-order chi connectivity index (χ1) is 10.0. The van der Waals surface area contributed by atoms with Gasteiger partial charge in [0.25, 0.3) is 0 Å². The summed E-state index contributed by atoms with van der Waals surface area (Å²) in [5.41, 5.74) is 2.69. The zero-order valence-corrected chi connectivity index (χ0v) is 14.2. The molecule has 0 bridgehead atoms. The van der Waals surface area contributed by atoms with E-state index in [0.29, 0.717) is 11.8 Å². The molecule has 0 spiro atoms. The van der Waals surface area contributed by atoms with Gasteiger partial charge in [0.15, 0.2) is 8.32 Å². The second-order valence-electron chi connectivity index (χ2n) is 7.78. The Balaban J connectivity index is 1.90. The van der Waals surface area contributed by atoms with Crippen LogP contribution in [0.4, 0.5) is 0 Å². The van der Waals surface area contributed by atoms with Gasteiger partial charge in [0.05, 0.1) is 6.54 Å². The fourth-order valence-electron chi connectivity index (χ4n) is 4.72. The summed E-state index contributed by atoms with van der Waals surface area (Å²) in [6.45, 7) is 7.81. The van der Waals surface area contributed by atoms with Gasteiger partial charge in [0.1, 0.15) is 11.6 Å². The van der Waals surface area contributed by atoms with Crippen LogP contribution in [0.15, 0.2) is 34.5 Å². The third-order valence-electron chi connectivity index (χ3n) is 5.28. The van der Waals surface area contributed by atoms with Crippen molar-refractivity contribution < 1.29 is 4.43 Å². The smallest absolute Gasteiger partial charge is 0.185 e. The average Bonchev–Trinajstić information content (AvgIpc) is 2.98. The topological polar surface area (TPSA) is 34.0 Å². The highest BCUT2D eigenvalue weighted by atomic mass is 28.4. The highest BCUT2D eigenvalue weighted by Gasteiger charge is 2.61. The van der Waals surface area contributed by atoms with E-state index < -0.39 is 8.32 Å². The summed E-state index contributed by atoms with van der Waals surface area (Å²) in [5, 5.41) is 9.03. The van der Waals surface area contributed by atoms with Gasteiger partial charge in [-0.15, -0.1) is 0 Å². The van der Waals surface area contributed by atoms with E-state index in [4.69, 9.17) is 4.43 Å². The van der Waals surface area contributed by atoms with Crippen LogP contribution in [-0.2, 0) is 16.4 Å². The van der Waals surface area contributed by atoms with E-state index in [1.165, 1.54) is 30.4 Å². The first-order valence-corrected chi connectivity index (χ1v) is 11.6. The van der Waals surface area contributed by atoms with Crippen LogP contribution in [0.1, 0.15) is 24.0 Å². The lowest BCUT2D eigenvalue weighted by Gasteiger charge is -2.46. The monoisotopic (exact) mass is 300 g/mol. The quantitative estimate of drug-likeness (QED) is 0.755. The van der Waals surface area contributed by atoms with Gasteiger partial charge in [0.2, 0.25) is 0 Å². The van der Waals surface area contributed by atoms with Crippen LogP contribution in [0.5, 0.6) is 0 Å². The van der Waals surface area contributed by atoms with E-state index in [1.54, 1.807) is 0 Å². The number of hydrogen-bond acceptors (Lipinski definition) is 3. The molecular formula is C17H24N2OSi. The molecule has 1 aliphatic heterocycles. The highest BCUT2D eigenvalue weighted by molar-refractivity contribution is 6.69. The molecule has 0 radical (unpaired) electrons. The van der Waals surface area contributed by atoms with Crippen LogP contribution in [0.3, 0.4) is 0 Å². The first-order valence-electron chi connectivity index (χ1n) is 8.16. The number of fused-ring (bicyclic) bond motifs is 5. The normalized spacial score (nSPS) is 37.2. The van der Waals surface area contributed by atoms with Crippen molar-refractivity contribution in [2.24, 2.45) is 22.1 Å². The molecule has 4 heteroatoms. The molecule has 0 unspecified atom stereocenters. The van der Waals surface area contributed by atoms with E-state index in [0.717, 1.165) is 6.54 Å². The second-order valence-corrected chi connectivity index (χ2v) is 12.2. The molecule has 1 saturated carbocycles. The molecule has 4 rings (SSSR count). The van der Waals surface area contributed by atoms with Crippen LogP contribution in [-0.4, -0.2) is 20.9 Å². The predicted octanol–water partition coefficient (Wildman–Crippen LogP) is 4.15. The molecule has 0 amide bonds. The Morgan fingerprint density at radius 2 is 2.05 bits per heavy atom. The van der Waals surface area contributed by atoms with Crippen molar-refractivity contribution in [3.05, 3.63) is 35.4 Å². The average molecular weight is 300 g/mol. The summed E-state index contributed by atoms with van der Waals surface area (Å²) in [7, 11) is -1.67. The molecule has 1 aromatic rings. The van der Waals surface area contributed by atoms with Gasteiger partial charge in [-0.3, -0.25) is 0 Å². The Hall–Kier alpha value is -1.00. The fraction of sp³-hybridized carbons (Fsp3) is 0.647. The number of aryl methyl sites for hydroxylation is 1.